The quantitative estimate of drug-likeness (QED) is 0.479. The van der Waals surface area contributed by atoms with Crippen molar-refractivity contribution in [1.82, 2.24) is 29.5 Å². The number of carbonyl (C=O) groups is 1. The number of nitrogens with one attached hydrogen (secondary N) is 1. The average Bonchev–Trinajstić information content (AvgIpc) is 3.36. The number of anilines is 2. The number of likely N-dealkylation sites (tertiary alicyclic amines) is 2. The van der Waals surface area contributed by atoms with E-state index in [9.17, 15) is 4.79 Å². The van der Waals surface area contributed by atoms with Crippen molar-refractivity contribution in [3.8, 4) is 5.75 Å². The molecule has 1 amide bonds. The Bertz CT molecular complexity index is 1420. The molecule has 206 valence electrons. The Hall–Kier alpha value is -3.40. The Balaban J connectivity index is 1.12. The summed E-state index contributed by atoms with van der Waals surface area (Å²) in [5.74, 6) is 3.57. The van der Waals surface area contributed by atoms with Crippen LogP contribution in [0, 0.1) is 30.1 Å². The highest BCUT2D eigenvalue weighted by molar-refractivity contribution is 5.95. The van der Waals surface area contributed by atoms with E-state index in [0.717, 1.165) is 60.8 Å². The topological polar surface area (TPSA) is 114 Å². The summed E-state index contributed by atoms with van der Waals surface area (Å²) in [4.78, 5) is 26.8. The second-order valence-electron chi connectivity index (χ2n) is 12.5. The summed E-state index contributed by atoms with van der Waals surface area (Å²) in [5.41, 5.74) is 10.8. The third-order valence-corrected chi connectivity index (χ3v) is 9.54. The number of carbonyl (C=O) groups excluding carboxylic acids is 1. The van der Waals surface area contributed by atoms with Crippen LogP contribution in [0.1, 0.15) is 47.3 Å². The Morgan fingerprint density at radius 3 is 2.59 bits per heavy atom. The van der Waals surface area contributed by atoms with Gasteiger partial charge in [0.2, 0.25) is 5.95 Å². The van der Waals surface area contributed by atoms with Crippen molar-refractivity contribution < 1.29 is 9.53 Å². The zero-order chi connectivity index (χ0) is 26.9. The van der Waals surface area contributed by atoms with E-state index in [0.29, 0.717) is 41.0 Å². The Morgan fingerprint density at radius 1 is 1.15 bits per heavy atom. The van der Waals surface area contributed by atoms with Gasteiger partial charge in [-0.1, -0.05) is 6.07 Å². The number of hydrogen-bond donors (Lipinski definition) is 2. The lowest BCUT2D eigenvalue weighted by Crippen LogP contribution is -2.32. The fourth-order valence-corrected chi connectivity index (χ4v) is 7.37. The molecule has 2 aliphatic carbocycles. The smallest absolute Gasteiger partial charge is 0.254 e. The predicted octanol–water partition coefficient (Wildman–Crippen LogP) is 3.01. The summed E-state index contributed by atoms with van der Waals surface area (Å²) >= 11 is 0. The molecule has 3 N–H and O–H groups in total. The summed E-state index contributed by atoms with van der Waals surface area (Å²) in [7, 11) is 3.81. The van der Waals surface area contributed by atoms with Gasteiger partial charge in [-0.25, -0.2) is 4.98 Å². The number of ether oxygens (including phenoxy) is 1. The monoisotopic (exact) mass is 530 g/mol. The summed E-state index contributed by atoms with van der Waals surface area (Å²) in [6, 6.07) is 5.76. The molecule has 0 radical (unpaired) electrons. The molecule has 3 aromatic rings. The standard InChI is InChI=1S/C29H38N8O2/c1-17-24-25(26(33-28(30)32-24)31-11-18-9-29(10-18)6-7-29)37(34-17)16-20-5-4-19(8-23(20)39-3)27(38)36-14-21-12-35(2)13-22(21)15-36/h4-5,8,18,21-22H,6-7,9-16H2,1-3H3,(H3,30,31,32,33)/t21-,22+. The van der Waals surface area contributed by atoms with E-state index in [1.165, 1.54) is 25.7 Å². The fraction of sp³-hybridized carbons (Fsp3) is 0.586. The summed E-state index contributed by atoms with van der Waals surface area (Å²) in [5, 5.41) is 8.36. The van der Waals surface area contributed by atoms with Gasteiger partial charge in [0.1, 0.15) is 16.8 Å². The Labute approximate surface area is 228 Å². The molecule has 4 aliphatic rings. The van der Waals surface area contributed by atoms with Crippen LogP contribution in [0.3, 0.4) is 0 Å². The van der Waals surface area contributed by atoms with E-state index >= 15 is 0 Å². The van der Waals surface area contributed by atoms with Crippen molar-refractivity contribution in [2.24, 2.45) is 23.2 Å². The largest absolute Gasteiger partial charge is 0.496 e. The van der Waals surface area contributed by atoms with Crippen LogP contribution in [0.4, 0.5) is 11.8 Å². The van der Waals surface area contributed by atoms with Crippen LogP contribution in [0.5, 0.6) is 5.75 Å². The van der Waals surface area contributed by atoms with Gasteiger partial charge >= 0.3 is 0 Å². The molecule has 2 atom stereocenters. The molecule has 4 heterocycles. The van der Waals surface area contributed by atoms with E-state index in [1.807, 2.05) is 34.7 Å². The number of amides is 1. The van der Waals surface area contributed by atoms with Crippen LogP contribution in [0.25, 0.3) is 11.0 Å². The van der Waals surface area contributed by atoms with Gasteiger partial charge in [0.25, 0.3) is 5.91 Å². The Kier molecular flexibility index (Phi) is 5.73. The Morgan fingerprint density at radius 2 is 1.90 bits per heavy atom. The zero-order valence-corrected chi connectivity index (χ0v) is 23.1. The molecule has 7 rings (SSSR count). The number of fused-ring (bicyclic) bond motifs is 2. The van der Waals surface area contributed by atoms with Crippen LogP contribution in [-0.4, -0.2) is 82.3 Å². The second-order valence-corrected chi connectivity index (χ2v) is 12.5. The molecular weight excluding hydrogens is 492 g/mol. The molecule has 10 heteroatoms. The molecule has 0 unspecified atom stereocenters. The second kappa shape index (κ2) is 9.08. The molecule has 2 saturated carbocycles. The summed E-state index contributed by atoms with van der Waals surface area (Å²) in [6.45, 7) is 7.10. The average molecular weight is 531 g/mol. The number of benzene rings is 1. The SMILES string of the molecule is COc1cc(C(=O)N2C[C@H]3CN(C)C[C@H]3C2)ccc1Cn1nc(C)c2nc(N)nc(NCC3CC4(CC4)C3)c21. The number of aromatic nitrogens is 4. The number of nitrogens with zero attached hydrogens (tertiary/aromatic N) is 6. The van der Waals surface area contributed by atoms with Crippen LogP contribution in [0.2, 0.25) is 0 Å². The molecule has 2 saturated heterocycles. The third-order valence-electron chi connectivity index (χ3n) is 9.54. The van der Waals surface area contributed by atoms with Crippen molar-refractivity contribution in [3.63, 3.8) is 0 Å². The molecule has 4 fully saturated rings. The van der Waals surface area contributed by atoms with E-state index in [-0.39, 0.29) is 11.9 Å². The van der Waals surface area contributed by atoms with Crippen LogP contribution < -0.4 is 15.8 Å². The van der Waals surface area contributed by atoms with Gasteiger partial charge in [-0.15, -0.1) is 0 Å². The molecule has 2 aromatic heterocycles. The van der Waals surface area contributed by atoms with Crippen molar-refractivity contribution in [2.45, 2.75) is 39.2 Å². The van der Waals surface area contributed by atoms with Gasteiger partial charge in [0.05, 0.1) is 19.3 Å². The van der Waals surface area contributed by atoms with Crippen LogP contribution >= 0.6 is 0 Å². The first-order valence-corrected chi connectivity index (χ1v) is 14.2. The fourth-order valence-electron chi connectivity index (χ4n) is 7.37. The first-order valence-electron chi connectivity index (χ1n) is 14.2. The molecule has 1 aromatic carbocycles. The first kappa shape index (κ1) is 24.6. The minimum atomic E-state index is 0.0802. The van der Waals surface area contributed by atoms with Gasteiger partial charge in [0, 0.05) is 43.9 Å². The maximum absolute atomic E-state index is 13.4. The van der Waals surface area contributed by atoms with Gasteiger partial charge in [-0.3, -0.25) is 9.48 Å². The van der Waals surface area contributed by atoms with Gasteiger partial charge in [-0.05, 0) is 75.0 Å². The summed E-state index contributed by atoms with van der Waals surface area (Å²) in [6.07, 6.45) is 5.40. The minimum Gasteiger partial charge on any atom is -0.496 e. The number of nitrogen functional groups attached to an aromatic ring is 1. The summed E-state index contributed by atoms with van der Waals surface area (Å²) < 4.78 is 7.69. The number of nitrogens with two attached hydrogens (primary N) is 1. The molecule has 2 aliphatic heterocycles. The molecule has 10 nitrogen and oxygen atoms in total. The number of methoxy groups -OCH3 is 1. The van der Waals surface area contributed by atoms with E-state index in [1.54, 1.807) is 7.11 Å². The highest BCUT2D eigenvalue weighted by Crippen LogP contribution is 2.63. The first-order chi connectivity index (χ1) is 18.8. The van der Waals surface area contributed by atoms with Crippen molar-refractivity contribution in [1.29, 1.82) is 0 Å². The van der Waals surface area contributed by atoms with Crippen LogP contribution in [-0.2, 0) is 6.54 Å². The molecular formula is C29H38N8O2. The molecule has 1 spiro atoms. The lowest BCUT2D eigenvalue weighted by Gasteiger charge is -2.36. The molecule has 0 bridgehead atoms. The lowest BCUT2D eigenvalue weighted by atomic mass is 9.72. The van der Waals surface area contributed by atoms with Crippen molar-refractivity contribution in [3.05, 3.63) is 35.0 Å². The lowest BCUT2D eigenvalue weighted by molar-refractivity contribution is 0.0775. The van der Waals surface area contributed by atoms with Gasteiger partial charge in [-0.2, -0.15) is 10.1 Å². The van der Waals surface area contributed by atoms with E-state index in [2.05, 4.69) is 27.2 Å². The van der Waals surface area contributed by atoms with E-state index in [4.69, 9.17) is 15.6 Å². The maximum atomic E-state index is 13.4. The third kappa shape index (κ3) is 4.38. The highest BCUT2D eigenvalue weighted by atomic mass is 16.5. The van der Waals surface area contributed by atoms with E-state index < -0.39 is 0 Å². The highest BCUT2D eigenvalue weighted by Gasteiger charge is 2.52. The zero-order valence-electron chi connectivity index (χ0n) is 23.1. The molecule has 39 heavy (non-hydrogen) atoms. The number of aryl methyl sites for hydroxylation is 1. The normalized spacial score (nSPS) is 23.8. The maximum Gasteiger partial charge on any atom is 0.254 e. The predicted molar refractivity (Wildman–Crippen MR) is 150 cm³/mol. The van der Waals surface area contributed by atoms with Crippen molar-refractivity contribution >= 4 is 28.7 Å². The number of rotatable bonds is 7. The van der Waals surface area contributed by atoms with Crippen LogP contribution in [0.15, 0.2) is 18.2 Å². The minimum absolute atomic E-state index is 0.0802. The number of hydrogen-bond acceptors (Lipinski definition) is 8. The van der Waals surface area contributed by atoms with Gasteiger partial charge < -0.3 is 25.6 Å². The van der Waals surface area contributed by atoms with Gasteiger partial charge in [0.15, 0.2) is 5.82 Å². The van der Waals surface area contributed by atoms with Crippen molar-refractivity contribution in [2.75, 3.05) is 57.9 Å².